The summed E-state index contributed by atoms with van der Waals surface area (Å²) in [5.41, 5.74) is 7.24. The Morgan fingerprint density at radius 2 is 1.73 bits per heavy atom. The van der Waals surface area contributed by atoms with Crippen LogP contribution in [-0.2, 0) is 6.54 Å². The van der Waals surface area contributed by atoms with Gasteiger partial charge in [0.1, 0.15) is 12.4 Å². The van der Waals surface area contributed by atoms with Crippen molar-refractivity contribution in [2.75, 3.05) is 6.61 Å². The predicted octanol–water partition coefficient (Wildman–Crippen LogP) is 4.35. The first-order valence-electron chi connectivity index (χ1n) is 7.67. The van der Waals surface area contributed by atoms with E-state index in [4.69, 9.17) is 4.74 Å². The van der Waals surface area contributed by atoms with E-state index >= 15 is 0 Å². The molecule has 0 radical (unpaired) electrons. The molecule has 2 aromatic carbocycles. The Labute approximate surface area is 131 Å². The summed E-state index contributed by atoms with van der Waals surface area (Å²) in [5.74, 6) is 0.960. The summed E-state index contributed by atoms with van der Waals surface area (Å²) in [6.07, 6.45) is 1.90. The van der Waals surface area contributed by atoms with Crippen LogP contribution in [0.25, 0.3) is 11.0 Å². The first-order valence-corrected chi connectivity index (χ1v) is 7.67. The van der Waals surface area contributed by atoms with Crippen LogP contribution in [-0.4, -0.2) is 16.2 Å². The fourth-order valence-electron chi connectivity index (χ4n) is 2.71. The monoisotopic (exact) mass is 294 g/mol. The molecule has 0 saturated heterocycles. The van der Waals surface area contributed by atoms with Gasteiger partial charge in [0.25, 0.3) is 0 Å². The second kappa shape index (κ2) is 5.84. The Hall–Kier alpha value is -2.29. The number of nitrogens with zero attached hydrogens (tertiary/aromatic N) is 2. The van der Waals surface area contributed by atoms with Gasteiger partial charge in [-0.15, -0.1) is 0 Å². The maximum absolute atomic E-state index is 5.92. The first kappa shape index (κ1) is 14.6. The third-order valence-electron chi connectivity index (χ3n) is 4.16. The van der Waals surface area contributed by atoms with E-state index < -0.39 is 0 Å². The molecule has 0 fully saturated rings. The van der Waals surface area contributed by atoms with E-state index in [2.05, 4.69) is 61.5 Å². The predicted molar refractivity (Wildman–Crippen MR) is 90.6 cm³/mol. The normalized spacial score (nSPS) is 11.1. The topological polar surface area (TPSA) is 27.1 Å². The molecule has 3 nitrogen and oxygen atoms in total. The van der Waals surface area contributed by atoms with Crippen molar-refractivity contribution < 1.29 is 4.74 Å². The van der Waals surface area contributed by atoms with Gasteiger partial charge in [-0.2, -0.15) is 0 Å². The summed E-state index contributed by atoms with van der Waals surface area (Å²) in [5, 5.41) is 0. The molecule has 0 spiro atoms. The zero-order valence-corrected chi connectivity index (χ0v) is 13.7. The Kier molecular flexibility index (Phi) is 3.88. The molecule has 1 aromatic heterocycles. The number of imidazole rings is 1. The number of ether oxygens (including phenoxy) is 1. The quantitative estimate of drug-likeness (QED) is 0.715. The van der Waals surface area contributed by atoms with Gasteiger partial charge in [0.15, 0.2) is 0 Å². The average Bonchev–Trinajstić information content (AvgIpc) is 2.84. The minimum atomic E-state index is 0.641. The highest BCUT2D eigenvalue weighted by molar-refractivity contribution is 5.77. The van der Waals surface area contributed by atoms with Crippen molar-refractivity contribution in [2.45, 2.75) is 34.2 Å². The van der Waals surface area contributed by atoms with Crippen molar-refractivity contribution in [3.63, 3.8) is 0 Å². The molecule has 3 rings (SSSR count). The molecule has 0 aliphatic carbocycles. The van der Waals surface area contributed by atoms with Crippen molar-refractivity contribution in [3.05, 3.63) is 58.9 Å². The van der Waals surface area contributed by atoms with E-state index in [-0.39, 0.29) is 0 Å². The molecule has 0 unspecified atom stereocenters. The lowest BCUT2D eigenvalue weighted by atomic mass is 10.1. The third kappa shape index (κ3) is 2.84. The van der Waals surface area contributed by atoms with Gasteiger partial charge in [-0.1, -0.05) is 17.7 Å². The molecule has 0 atom stereocenters. The van der Waals surface area contributed by atoms with Crippen molar-refractivity contribution in [1.82, 2.24) is 9.55 Å². The fourth-order valence-corrected chi connectivity index (χ4v) is 2.71. The molecule has 0 N–H and O–H groups in total. The second-order valence-electron chi connectivity index (χ2n) is 5.98. The van der Waals surface area contributed by atoms with Crippen LogP contribution in [0.15, 0.2) is 36.7 Å². The molecule has 1 heterocycles. The number of hydrogen-bond donors (Lipinski definition) is 0. The van der Waals surface area contributed by atoms with Gasteiger partial charge in [0.2, 0.25) is 0 Å². The number of benzene rings is 2. The molecule has 3 aromatic rings. The van der Waals surface area contributed by atoms with Crippen molar-refractivity contribution in [1.29, 1.82) is 0 Å². The summed E-state index contributed by atoms with van der Waals surface area (Å²) in [7, 11) is 0. The molecule has 0 bridgehead atoms. The van der Waals surface area contributed by atoms with E-state index in [1.807, 2.05) is 12.4 Å². The van der Waals surface area contributed by atoms with Gasteiger partial charge in [0.05, 0.1) is 23.9 Å². The van der Waals surface area contributed by atoms with Crippen LogP contribution >= 0.6 is 0 Å². The molecule has 22 heavy (non-hydrogen) atoms. The molecule has 3 heteroatoms. The summed E-state index contributed by atoms with van der Waals surface area (Å²) >= 11 is 0. The molecule has 0 aliphatic rings. The van der Waals surface area contributed by atoms with Crippen molar-refractivity contribution in [3.8, 4) is 5.75 Å². The second-order valence-corrected chi connectivity index (χ2v) is 5.98. The van der Waals surface area contributed by atoms with E-state index in [0.29, 0.717) is 6.61 Å². The highest BCUT2D eigenvalue weighted by Crippen LogP contribution is 2.20. The fraction of sp³-hybridized carbons (Fsp3) is 0.316. The van der Waals surface area contributed by atoms with Gasteiger partial charge in [0, 0.05) is 0 Å². The zero-order chi connectivity index (χ0) is 15.7. The highest BCUT2D eigenvalue weighted by atomic mass is 16.5. The number of aryl methyl sites for hydroxylation is 4. The van der Waals surface area contributed by atoms with Gasteiger partial charge in [-0.3, -0.25) is 0 Å². The maximum atomic E-state index is 5.92. The third-order valence-corrected chi connectivity index (χ3v) is 4.16. The van der Waals surface area contributed by atoms with Crippen LogP contribution in [0.2, 0.25) is 0 Å². The lowest BCUT2D eigenvalue weighted by molar-refractivity contribution is 0.298. The van der Waals surface area contributed by atoms with Gasteiger partial charge >= 0.3 is 0 Å². The van der Waals surface area contributed by atoms with E-state index in [9.17, 15) is 0 Å². The molecule has 114 valence electrons. The van der Waals surface area contributed by atoms with E-state index in [1.165, 1.54) is 27.8 Å². The van der Waals surface area contributed by atoms with Crippen molar-refractivity contribution in [2.24, 2.45) is 0 Å². The largest absolute Gasteiger partial charge is 0.491 e. The van der Waals surface area contributed by atoms with E-state index in [1.54, 1.807) is 0 Å². The van der Waals surface area contributed by atoms with Crippen LogP contribution in [0.1, 0.15) is 22.3 Å². The number of rotatable bonds is 4. The maximum Gasteiger partial charge on any atom is 0.122 e. The van der Waals surface area contributed by atoms with Gasteiger partial charge in [-0.25, -0.2) is 4.98 Å². The summed E-state index contributed by atoms with van der Waals surface area (Å²) < 4.78 is 8.08. The smallest absolute Gasteiger partial charge is 0.122 e. The number of hydrogen-bond acceptors (Lipinski definition) is 2. The first-order chi connectivity index (χ1) is 10.5. The molecule has 0 amide bonds. The van der Waals surface area contributed by atoms with Crippen LogP contribution in [0, 0.1) is 27.7 Å². The Morgan fingerprint density at radius 3 is 2.50 bits per heavy atom. The number of aromatic nitrogens is 2. The molecule has 0 saturated carbocycles. The SMILES string of the molecule is Cc1ccc(OCCn2cnc3cc(C)c(C)cc32)c(C)c1. The van der Waals surface area contributed by atoms with Crippen LogP contribution < -0.4 is 4.74 Å². The van der Waals surface area contributed by atoms with Gasteiger partial charge in [-0.05, 0) is 62.6 Å². The summed E-state index contributed by atoms with van der Waals surface area (Å²) in [6.45, 7) is 9.88. The number of fused-ring (bicyclic) bond motifs is 1. The van der Waals surface area contributed by atoms with Crippen LogP contribution in [0.5, 0.6) is 5.75 Å². The molecule has 0 aliphatic heterocycles. The minimum Gasteiger partial charge on any atom is -0.491 e. The highest BCUT2D eigenvalue weighted by Gasteiger charge is 2.06. The minimum absolute atomic E-state index is 0.641. The standard InChI is InChI=1S/C19H22N2O/c1-13-5-6-19(16(4)9-13)22-8-7-21-12-20-17-10-14(2)15(3)11-18(17)21/h5-6,9-12H,7-8H2,1-4H3. The van der Waals surface area contributed by atoms with E-state index in [0.717, 1.165) is 17.8 Å². The molecular weight excluding hydrogens is 272 g/mol. The summed E-state index contributed by atoms with van der Waals surface area (Å²) in [6, 6.07) is 10.6. The summed E-state index contributed by atoms with van der Waals surface area (Å²) in [4.78, 5) is 4.48. The lowest BCUT2D eigenvalue weighted by Gasteiger charge is -2.11. The lowest BCUT2D eigenvalue weighted by Crippen LogP contribution is -2.08. The zero-order valence-electron chi connectivity index (χ0n) is 13.7. The van der Waals surface area contributed by atoms with Gasteiger partial charge < -0.3 is 9.30 Å². The average molecular weight is 294 g/mol. The Morgan fingerprint density at radius 1 is 0.955 bits per heavy atom. The Balaban J connectivity index is 1.73. The van der Waals surface area contributed by atoms with Crippen LogP contribution in [0.4, 0.5) is 0 Å². The molecular formula is C19H22N2O. The van der Waals surface area contributed by atoms with Crippen molar-refractivity contribution >= 4 is 11.0 Å². The Bertz CT molecular complexity index is 818. The van der Waals surface area contributed by atoms with Crippen LogP contribution in [0.3, 0.4) is 0 Å².